The Kier molecular flexibility index (Phi) is 4.35. The van der Waals surface area contributed by atoms with Crippen LogP contribution >= 0.6 is 11.3 Å². The van der Waals surface area contributed by atoms with Gasteiger partial charge in [0.1, 0.15) is 10.7 Å². The minimum absolute atomic E-state index is 0.157. The Morgan fingerprint density at radius 1 is 0.963 bits per heavy atom. The fraction of sp³-hybridized carbons (Fsp3) is 0. The molecular weight excluding hydrogens is 362 g/mol. The van der Waals surface area contributed by atoms with E-state index in [1.807, 2.05) is 24.3 Å². The van der Waals surface area contributed by atoms with Crippen LogP contribution in [-0.4, -0.2) is 27.0 Å². The summed E-state index contributed by atoms with van der Waals surface area (Å²) < 4.78 is 1.02. The summed E-state index contributed by atoms with van der Waals surface area (Å²) in [6, 6.07) is 17.1. The van der Waals surface area contributed by atoms with Gasteiger partial charge >= 0.3 is 5.97 Å². The third kappa shape index (κ3) is 3.40. The van der Waals surface area contributed by atoms with Crippen molar-refractivity contribution in [2.45, 2.75) is 0 Å². The van der Waals surface area contributed by atoms with E-state index in [1.54, 1.807) is 30.5 Å². The van der Waals surface area contributed by atoms with Crippen molar-refractivity contribution in [3.05, 3.63) is 78.0 Å². The highest BCUT2D eigenvalue weighted by Crippen LogP contribution is 2.31. The summed E-state index contributed by atoms with van der Waals surface area (Å²) in [6.07, 6.45) is 1.62. The van der Waals surface area contributed by atoms with E-state index in [1.165, 1.54) is 23.5 Å². The highest BCUT2D eigenvalue weighted by atomic mass is 32.1. The van der Waals surface area contributed by atoms with Crippen molar-refractivity contribution in [1.29, 1.82) is 0 Å². The number of thiazole rings is 1. The van der Waals surface area contributed by atoms with Crippen LogP contribution in [0.1, 0.15) is 20.7 Å². The average molecular weight is 375 g/mol. The average Bonchev–Trinajstić information content (AvgIpc) is 3.12. The zero-order valence-electron chi connectivity index (χ0n) is 13.9. The zero-order valence-corrected chi connectivity index (χ0v) is 14.7. The summed E-state index contributed by atoms with van der Waals surface area (Å²) in [5.74, 6) is -1.35. The number of aromatic nitrogens is 2. The molecule has 4 rings (SSSR count). The minimum Gasteiger partial charge on any atom is -0.478 e. The standard InChI is InChI=1S/C20H13N3O3S/c24-18(22-13-9-7-12(8-10-13)20(25)26)14-4-3-11-21-17(14)19-23-15-5-1-2-6-16(15)27-19/h1-11H,(H,22,24)(H,25,26). The summed E-state index contributed by atoms with van der Waals surface area (Å²) in [5, 5.41) is 12.4. The third-order valence-corrected chi connectivity index (χ3v) is 4.98. The SMILES string of the molecule is O=C(O)c1ccc(NC(=O)c2cccnc2-c2nc3ccccc3s2)cc1. The van der Waals surface area contributed by atoms with Crippen molar-refractivity contribution in [2.75, 3.05) is 5.32 Å². The van der Waals surface area contributed by atoms with E-state index in [0.717, 1.165) is 10.2 Å². The van der Waals surface area contributed by atoms with Crippen LogP contribution in [0.2, 0.25) is 0 Å². The Morgan fingerprint density at radius 2 is 1.74 bits per heavy atom. The summed E-state index contributed by atoms with van der Waals surface area (Å²) in [7, 11) is 0. The third-order valence-electron chi connectivity index (χ3n) is 3.94. The summed E-state index contributed by atoms with van der Waals surface area (Å²) in [5.41, 5.74) is 2.43. The first kappa shape index (κ1) is 16.9. The van der Waals surface area contributed by atoms with Gasteiger partial charge in [0.15, 0.2) is 0 Å². The fourth-order valence-electron chi connectivity index (χ4n) is 2.63. The van der Waals surface area contributed by atoms with Crippen molar-refractivity contribution in [3.63, 3.8) is 0 Å². The lowest BCUT2D eigenvalue weighted by atomic mass is 10.1. The van der Waals surface area contributed by atoms with Crippen LogP contribution in [0, 0.1) is 0 Å². The van der Waals surface area contributed by atoms with Crippen LogP contribution < -0.4 is 5.32 Å². The fourth-order valence-corrected chi connectivity index (χ4v) is 3.60. The van der Waals surface area contributed by atoms with Crippen molar-refractivity contribution in [1.82, 2.24) is 9.97 Å². The van der Waals surface area contributed by atoms with Crippen molar-refractivity contribution < 1.29 is 14.7 Å². The van der Waals surface area contributed by atoms with E-state index in [0.29, 0.717) is 22.0 Å². The number of hydrogen-bond donors (Lipinski definition) is 2. The molecule has 7 heteroatoms. The molecule has 2 N–H and O–H groups in total. The maximum atomic E-state index is 12.8. The second-order valence-corrected chi connectivity index (χ2v) is 6.75. The molecule has 0 unspecified atom stereocenters. The first-order chi connectivity index (χ1) is 13.1. The Labute approximate surface area is 158 Å². The van der Waals surface area contributed by atoms with Crippen molar-refractivity contribution in [3.8, 4) is 10.7 Å². The molecule has 0 saturated carbocycles. The molecule has 0 atom stereocenters. The van der Waals surface area contributed by atoms with E-state index >= 15 is 0 Å². The van der Waals surface area contributed by atoms with Crippen LogP contribution in [0.15, 0.2) is 66.9 Å². The second-order valence-electron chi connectivity index (χ2n) is 5.72. The van der Waals surface area contributed by atoms with Crippen molar-refractivity contribution >= 4 is 39.1 Å². The van der Waals surface area contributed by atoms with Gasteiger partial charge in [-0.1, -0.05) is 12.1 Å². The maximum absolute atomic E-state index is 12.8. The molecule has 0 radical (unpaired) electrons. The number of anilines is 1. The molecule has 6 nitrogen and oxygen atoms in total. The van der Waals surface area contributed by atoms with Crippen LogP contribution in [-0.2, 0) is 0 Å². The highest BCUT2D eigenvalue weighted by Gasteiger charge is 2.17. The van der Waals surface area contributed by atoms with Crippen LogP contribution in [0.25, 0.3) is 20.9 Å². The number of carbonyl (C=O) groups is 2. The van der Waals surface area contributed by atoms with Gasteiger partial charge in [-0.25, -0.2) is 9.78 Å². The molecule has 0 bridgehead atoms. The number of aromatic carboxylic acids is 1. The number of rotatable bonds is 4. The minimum atomic E-state index is -1.02. The molecule has 0 fully saturated rings. The largest absolute Gasteiger partial charge is 0.478 e. The number of para-hydroxylation sites is 1. The lowest BCUT2D eigenvalue weighted by molar-refractivity contribution is 0.0696. The highest BCUT2D eigenvalue weighted by molar-refractivity contribution is 7.21. The Bertz CT molecular complexity index is 1120. The quantitative estimate of drug-likeness (QED) is 0.554. The van der Waals surface area contributed by atoms with Gasteiger partial charge in [0, 0.05) is 11.9 Å². The number of nitrogens with zero attached hydrogens (tertiary/aromatic N) is 2. The zero-order chi connectivity index (χ0) is 18.8. The summed E-state index contributed by atoms with van der Waals surface area (Å²) in [4.78, 5) is 32.6. The maximum Gasteiger partial charge on any atom is 0.335 e. The smallest absolute Gasteiger partial charge is 0.335 e. The molecule has 1 amide bonds. The molecule has 27 heavy (non-hydrogen) atoms. The van der Waals surface area contributed by atoms with Gasteiger partial charge < -0.3 is 10.4 Å². The number of pyridine rings is 1. The van der Waals surface area contributed by atoms with Gasteiger partial charge in [-0.15, -0.1) is 11.3 Å². The molecule has 4 aromatic rings. The van der Waals surface area contributed by atoms with E-state index in [2.05, 4.69) is 15.3 Å². The van der Waals surface area contributed by atoms with Crippen LogP contribution in [0.4, 0.5) is 5.69 Å². The van der Waals surface area contributed by atoms with E-state index in [4.69, 9.17) is 5.11 Å². The number of nitrogens with one attached hydrogen (secondary N) is 1. The Balaban J connectivity index is 1.65. The predicted octanol–water partition coefficient (Wildman–Crippen LogP) is 4.31. The van der Waals surface area contributed by atoms with E-state index in [-0.39, 0.29) is 11.5 Å². The van der Waals surface area contributed by atoms with Crippen LogP contribution in [0.3, 0.4) is 0 Å². The molecule has 0 aliphatic carbocycles. The number of carbonyl (C=O) groups excluding carboxylic acids is 1. The van der Waals surface area contributed by atoms with Crippen molar-refractivity contribution in [2.24, 2.45) is 0 Å². The topological polar surface area (TPSA) is 92.2 Å². The molecule has 132 valence electrons. The first-order valence-corrected chi connectivity index (χ1v) is 8.89. The molecule has 0 aliphatic heterocycles. The Hall–Kier alpha value is -3.58. The number of hydrogen-bond acceptors (Lipinski definition) is 5. The van der Waals surface area contributed by atoms with E-state index in [9.17, 15) is 9.59 Å². The molecule has 0 aliphatic rings. The number of carboxylic acid groups (broad SMARTS) is 1. The molecular formula is C20H13N3O3S. The number of amides is 1. The normalized spacial score (nSPS) is 10.7. The molecule has 2 heterocycles. The number of fused-ring (bicyclic) bond motifs is 1. The van der Waals surface area contributed by atoms with Gasteiger partial charge in [0.05, 0.1) is 21.3 Å². The second kappa shape index (κ2) is 6.97. The lowest BCUT2D eigenvalue weighted by Gasteiger charge is -2.08. The summed E-state index contributed by atoms with van der Waals surface area (Å²) >= 11 is 1.47. The molecule has 0 spiro atoms. The molecule has 0 saturated heterocycles. The number of carboxylic acids is 1. The Morgan fingerprint density at radius 3 is 2.48 bits per heavy atom. The van der Waals surface area contributed by atoms with Crippen LogP contribution in [0.5, 0.6) is 0 Å². The number of benzene rings is 2. The van der Waals surface area contributed by atoms with Gasteiger partial charge in [-0.2, -0.15) is 0 Å². The van der Waals surface area contributed by atoms with Gasteiger partial charge in [-0.3, -0.25) is 9.78 Å². The van der Waals surface area contributed by atoms with Gasteiger partial charge in [0.2, 0.25) is 0 Å². The van der Waals surface area contributed by atoms with E-state index < -0.39 is 5.97 Å². The molecule has 2 aromatic heterocycles. The van der Waals surface area contributed by atoms with Gasteiger partial charge in [0.25, 0.3) is 5.91 Å². The van der Waals surface area contributed by atoms with Gasteiger partial charge in [-0.05, 0) is 48.5 Å². The lowest BCUT2D eigenvalue weighted by Crippen LogP contribution is -2.14. The molecule has 2 aromatic carbocycles. The first-order valence-electron chi connectivity index (χ1n) is 8.07. The monoisotopic (exact) mass is 375 g/mol. The summed E-state index contributed by atoms with van der Waals surface area (Å²) in [6.45, 7) is 0. The predicted molar refractivity (Wildman–Crippen MR) is 104 cm³/mol.